The zero-order chi connectivity index (χ0) is 33.8. The van der Waals surface area contributed by atoms with E-state index in [-0.39, 0.29) is 0 Å². The molecule has 0 aromatic rings. The summed E-state index contributed by atoms with van der Waals surface area (Å²) in [5.41, 5.74) is -2.49. The van der Waals surface area contributed by atoms with Crippen LogP contribution in [-0.2, 0) is 27.7 Å². The molecule has 2 saturated heterocycles. The van der Waals surface area contributed by atoms with E-state index in [0.717, 1.165) is 32.2 Å². The topological polar surface area (TPSA) is 83.1 Å². The van der Waals surface area contributed by atoms with Gasteiger partial charge < -0.3 is 0 Å². The molecule has 0 aromatic carbocycles. The fourth-order valence-corrected chi connectivity index (χ4v) is 11.4. The minimum absolute atomic E-state index is 0.497. The molecular weight excluding hydrogens is 597 g/mol. The van der Waals surface area contributed by atoms with Crippen molar-refractivity contribution >= 4 is 19.4 Å². The molecule has 2 rings (SSSR count). The summed E-state index contributed by atoms with van der Waals surface area (Å²) >= 11 is 0. The molecule has 2 fully saturated rings. The predicted molar refractivity (Wildman–Crippen MR) is 193 cm³/mol. The molecule has 0 bridgehead atoms. The molecule has 2 aliphatic rings. The maximum atomic E-state index is 13.0. The summed E-state index contributed by atoms with van der Waals surface area (Å²) in [6.07, 6.45) is 32.9. The van der Waals surface area contributed by atoms with Crippen LogP contribution < -0.4 is 5.32 Å². The van der Waals surface area contributed by atoms with Crippen LogP contribution in [0.5, 0.6) is 0 Å². The second-order valence-corrected chi connectivity index (χ2v) is 18.3. The van der Waals surface area contributed by atoms with Gasteiger partial charge in [-0.05, 0) is 0 Å². The number of carbonyl (C=O) groups excluding carboxylic acids is 2. The van der Waals surface area contributed by atoms with E-state index in [2.05, 4.69) is 19.2 Å². The van der Waals surface area contributed by atoms with Crippen LogP contribution in [0.3, 0.4) is 0 Å². The van der Waals surface area contributed by atoms with Crippen molar-refractivity contribution < 1.29 is 27.7 Å². The van der Waals surface area contributed by atoms with E-state index in [1.54, 1.807) is 27.7 Å². The SMILES string of the molecule is CCCCCCCCCCCCCCCCCCNC(CCCCCCCCCCC)P12(OC(=O)C(C)(C)O1)OC(=O)C(C)(C)O2. The molecule has 0 aliphatic carbocycles. The van der Waals surface area contributed by atoms with E-state index in [9.17, 15) is 9.59 Å². The first kappa shape index (κ1) is 41.4. The number of unbranched alkanes of at least 4 members (excludes halogenated alkanes) is 23. The first-order chi connectivity index (χ1) is 22.0. The Bertz CT molecular complexity index is 826. The van der Waals surface area contributed by atoms with Crippen LogP contribution >= 0.6 is 7.51 Å². The Kier molecular flexibility index (Phi) is 19.2. The van der Waals surface area contributed by atoms with Crippen molar-refractivity contribution in [3.8, 4) is 0 Å². The van der Waals surface area contributed by atoms with Gasteiger partial charge in [-0.2, -0.15) is 0 Å². The fourth-order valence-electron chi connectivity index (χ4n) is 6.83. The van der Waals surface area contributed by atoms with E-state index in [1.165, 1.54) is 135 Å². The molecule has 0 amide bonds. The van der Waals surface area contributed by atoms with E-state index in [0.29, 0.717) is 6.42 Å². The Morgan fingerprint density at radius 3 is 1.11 bits per heavy atom. The molecule has 1 N–H and O–H groups in total. The first-order valence-electron chi connectivity index (χ1n) is 19.7. The second kappa shape index (κ2) is 21.4. The van der Waals surface area contributed by atoms with Gasteiger partial charge in [-0.25, -0.2) is 0 Å². The van der Waals surface area contributed by atoms with Gasteiger partial charge in [-0.15, -0.1) is 0 Å². The number of carbonyl (C=O) groups is 2. The van der Waals surface area contributed by atoms with Gasteiger partial charge in [0.1, 0.15) is 0 Å². The normalized spacial score (nSPS) is 20.8. The maximum absolute atomic E-state index is 13.0. The molecule has 1 unspecified atom stereocenters. The standard InChI is InChI=1S/C38H74NO6P/c1-7-9-11-13-15-17-18-19-20-21-22-23-25-27-29-31-33-39-34(32-30-28-26-24-16-14-12-10-8-2)46(42-35(40)37(3,4)44-46)43-36(41)38(5,6)45-46/h34,39H,7-33H2,1-6H3. The molecule has 2 heterocycles. The van der Waals surface area contributed by atoms with Crippen molar-refractivity contribution in [1.29, 1.82) is 0 Å². The number of hydrogen-bond donors (Lipinski definition) is 1. The Morgan fingerprint density at radius 1 is 0.500 bits per heavy atom. The van der Waals surface area contributed by atoms with Crippen LogP contribution in [0.4, 0.5) is 0 Å². The summed E-state index contributed by atoms with van der Waals surface area (Å²) in [5, 5.41) is 3.63. The van der Waals surface area contributed by atoms with Crippen LogP contribution in [0.15, 0.2) is 0 Å². The second-order valence-electron chi connectivity index (χ2n) is 15.2. The Balaban J connectivity index is 1.78. The van der Waals surface area contributed by atoms with Crippen molar-refractivity contribution in [1.82, 2.24) is 5.32 Å². The third kappa shape index (κ3) is 13.6. The Hall–Kier alpha value is -0.750. The van der Waals surface area contributed by atoms with Crippen LogP contribution in [-0.4, -0.2) is 35.5 Å². The van der Waals surface area contributed by atoms with Gasteiger partial charge in [0.2, 0.25) is 0 Å². The molecule has 2 aliphatic heterocycles. The van der Waals surface area contributed by atoms with Crippen LogP contribution in [0.2, 0.25) is 0 Å². The Labute approximate surface area is 284 Å². The molecule has 0 saturated carbocycles. The molecule has 1 spiro atoms. The van der Waals surface area contributed by atoms with Gasteiger partial charge in [-0.1, -0.05) is 51.9 Å². The number of rotatable bonds is 29. The minimum atomic E-state index is -4.57. The summed E-state index contributed by atoms with van der Waals surface area (Å²) in [6.45, 7) is 12.0. The quantitative estimate of drug-likeness (QED) is 0.0626. The summed E-state index contributed by atoms with van der Waals surface area (Å²) < 4.78 is 24.9. The predicted octanol–water partition coefficient (Wildman–Crippen LogP) is 12.0. The van der Waals surface area contributed by atoms with Gasteiger partial charge in [0.05, 0.1) is 0 Å². The third-order valence-electron chi connectivity index (χ3n) is 9.76. The average molecular weight is 672 g/mol. The van der Waals surface area contributed by atoms with Gasteiger partial charge in [0.15, 0.2) is 0 Å². The monoisotopic (exact) mass is 672 g/mol. The van der Waals surface area contributed by atoms with Gasteiger partial charge >= 0.3 is 233 Å². The summed E-state index contributed by atoms with van der Waals surface area (Å²) in [7, 11) is -4.57. The van der Waals surface area contributed by atoms with Crippen molar-refractivity contribution in [3.05, 3.63) is 0 Å². The van der Waals surface area contributed by atoms with Crippen LogP contribution in [0.1, 0.15) is 208 Å². The molecule has 1 atom stereocenters. The molecule has 0 aromatic heterocycles. The van der Waals surface area contributed by atoms with Crippen molar-refractivity contribution in [2.75, 3.05) is 6.54 Å². The van der Waals surface area contributed by atoms with E-state index in [4.69, 9.17) is 18.1 Å². The van der Waals surface area contributed by atoms with Crippen LogP contribution in [0, 0.1) is 0 Å². The zero-order valence-corrected chi connectivity index (χ0v) is 32.0. The first-order valence-corrected chi connectivity index (χ1v) is 21.7. The zero-order valence-electron chi connectivity index (χ0n) is 31.1. The third-order valence-corrected chi connectivity index (χ3v) is 13.8. The van der Waals surface area contributed by atoms with Gasteiger partial charge in [-0.3, -0.25) is 0 Å². The van der Waals surface area contributed by atoms with E-state index < -0.39 is 36.4 Å². The van der Waals surface area contributed by atoms with E-state index in [1.807, 2.05) is 0 Å². The molecule has 272 valence electrons. The summed E-state index contributed by atoms with van der Waals surface area (Å²) in [4.78, 5) is 26.1. The van der Waals surface area contributed by atoms with Crippen molar-refractivity contribution in [2.24, 2.45) is 0 Å². The Morgan fingerprint density at radius 2 is 0.804 bits per heavy atom. The summed E-state index contributed by atoms with van der Waals surface area (Å²) in [6, 6.07) is 0. The van der Waals surface area contributed by atoms with Crippen molar-refractivity contribution in [3.63, 3.8) is 0 Å². The van der Waals surface area contributed by atoms with Gasteiger partial charge in [0.25, 0.3) is 0 Å². The molecule has 46 heavy (non-hydrogen) atoms. The molecule has 8 heteroatoms. The average Bonchev–Trinajstić information content (AvgIpc) is 3.33. The molecule has 7 nitrogen and oxygen atoms in total. The fraction of sp³-hybridized carbons (Fsp3) is 0.947. The van der Waals surface area contributed by atoms with Crippen LogP contribution in [0.25, 0.3) is 0 Å². The number of hydrogen-bond acceptors (Lipinski definition) is 7. The number of nitrogens with one attached hydrogen (secondary N) is 1. The van der Waals surface area contributed by atoms with Gasteiger partial charge in [0, 0.05) is 0 Å². The van der Waals surface area contributed by atoms with E-state index >= 15 is 0 Å². The summed E-state index contributed by atoms with van der Waals surface area (Å²) in [5.74, 6) is -1.56. The molecular formula is C38H74NO6P. The van der Waals surface area contributed by atoms with Crippen molar-refractivity contribution in [2.45, 2.75) is 225 Å². The molecule has 0 radical (unpaired) electrons.